The molecule has 0 spiro atoms. The molecular weight excluding hydrogens is 434 g/mol. The van der Waals surface area contributed by atoms with Crippen molar-refractivity contribution in [1.29, 1.82) is 0 Å². The second-order valence-electron chi connectivity index (χ2n) is 7.44. The summed E-state index contributed by atoms with van der Waals surface area (Å²) in [4.78, 5) is 13.8. The van der Waals surface area contributed by atoms with E-state index >= 15 is 0 Å². The number of anilines is 1. The van der Waals surface area contributed by atoms with Crippen molar-refractivity contribution in [2.24, 2.45) is 0 Å². The molecule has 0 atom stereocenters. The van der Waals surface area contributed by atoms with Crippen LogP contribution in [0.5, 0.6) is 11.5 Å². The van der Waals surface area contributed by atoms with Crippen LogP contribution in [0.25, 0.3) is 27.7 Å². The number of amides is 1. The zero-order valence-corrected chi connectivity index (χ0v) is 19.8. The van der Waals surface area contributed by atoms with Crippen LogP contribution in [-0.4, -0.2) is 26.4 Å². The summed E-state index contributed by atoms with van der Waals surface area (Å²) >= 11 is 1.59. The number of hydrogen-bond acceptors (Lipinski definition) is 5. The maximum absolute atomic E-state index is 12.8. The second kappa shape index (κ2) is 9.88. The normalized spacial score (nSPS) is 11.5. The van der Waals surface area contributed by atoms with E-state index in [0.717, 1.165) is 44.0 Å². The van der Waals surface area contributed by atoms with Crippen molar-refractivity contribution in [2.75, 3.05) is 25.8 Å². The minimum absolute atomic E-state index is 0.196. The molecule has 1 amide bonds. The van der Waals surface area contributed by atoms with Crippen LogP contribution >= 0.6 is 11.8 Å². The number of fused-ring (bicyclic) bond motifs is 1. The highest BCUT2D eigenvalue weighted by Gasteiger charge is 2.15. The topological polar surface area (TPSA) is 60.7 Å². The number of ether oxygens (including phenoxy) is 2. The molecule has 0 aliphatic heterocycles. The van der Waals surface area contributed by atoms with Gasteiger partial charge in [-0.05, 0) is 54.6 Å². The van der Waals surface area contributed by atoms with Gasteiger partial charge in [-0.3, -0.25) is 4.79 Å². The number of allylic oxidation sites excluding steroid dienone is 1. The van der Waals surface area contributed by atoms with Gasteiger partial charge >= 0.3 is 0 Å². The number of rotatable bonds is 7. The molecule has 0 unspecified atom stereocenters. The van der Waals surface area contributed by atoms with Gasteiger partial charge in [-0.1, -0.05) is 24.3 Å². The Morgan fingerprint density at radius 2 is 1.79 bits per heavy atom. The lowest BCUT2D eigenvalue weighted by atomic mass is 9.99. The molecule has 0 aliphatic rings. The quantitative estimate of drug-likeness (QED) is 0.241. The minimum atomic E-state index is -0.196. The molecule has 3 aromatic carbocycles. The number of furan rings is 1. The third kappa shape index (κ3) is 4.76. The molecule has 0 aliphatic carbocycles. The minimum Gasteiger partial charge on any atom is -0.497 e. The van der Waals surface area contributed by atoms with Gasteiger partial charge in [-0.25, -0.2) is 0 Å². The van der Waals surface area contributed by atoms with Gasteiger partial charge in [0, 0.05) is 33.6 Å². The molecular formula is C27H25NO4S. The van der Waals surface area contributed by atoms with Gasteiger partial charge in [0.05, 0.1) is 26.2 Å². The number of thioether (sulfide) groups is 1. The predicted molar refractivity (Wildman–Crippen MR) is 135 cm³/mol. The first-order valence-corrected chi connectivity index (χ1v) is 11.6. The van der Waals surface area contributed by atoms with Gasteiger partial charge in [-0.15, -0.1) is 11.8 Å². The van der Waals surface area contributed by atoms with E-state index < -0.39 is 0 Å². The molecule has 6 heteroatoms. The van der Waals surface area contributed by atoms with Gasteiger partial charge in [0.15, 0.2) is 0 Å². The van der Waals surface area contributed by atoms with Crippen LogP contribution in [0.1, 0.15) is 12.5 Å². The van der Waals surface area contributed by atoms with Crippen molar-refractivity contribution >= 4 is 39.9 Å². The smallest absolute Gasteiger partial charge is 0.248 e. The zero-order chi connectivity index (χ0) is 23.4. The molecule has 0 bridgehead atoms. The summed E-state index contributed by atoms with van der Waals surface area (Å²) in [5.74, 6) is 1.24. The zero-order valence-electron chi connectivity index (χ0n) is 19.0. The van der Waals surface area contributed by atoms with E-state index in [1.165, 1.54) is 0 Å². The lowest BCUT2D eigenvalue weighted by molar-refractivity contribution is -0.111. The fourth-order valence-electron chi connectivity index (χ4n) is 3.72. The van der Waals surface area contributed by atoms with E-state index in [-0.39, 0.29) is 5.91 Å². The highest BCUT2D eigenvalue weighted by molar-refractivity contribution is 7.98. The van der Waals surface area contributed by atoms with Gasteiger partial charge < -0.3 is 19.2 Å². The largest absolute Gasteiger partial charge is 0.497 e. The summed E-state index contributed by atoms with van der Waals surface area (Å²) in [6.45, 7) is 1.90. The maximum atomic E-state index is 12.8. The molecule has 4 rings (SSSR count). The summed E-state index contributed by atoms with van der Waals surface area (Å²) in [6.07, 6.45) is 5.31. The highest BCUT2D eigenvalue weighted by atomic mass is 32.2. The Morgan fingerprint density at radius 3 is 2.48 bits per heavy atom. The molecule has 33 heavy (non-hydrogen) atoms. The maximum Gasteiger partial charge on any atom is 0.248 e. The Hall–Kier alpha value is -3.64. The van der Waals surface area contributed by atoms with Crippen LogP contribution < -0.4 is 14.8 Å². The Bertz CT molecular complexity index is 1320. The van der Waals surface area contributed by atoms with E-state index in [0.29, 0.717) is 11.3 Å². The van der Waals surface area contributed by atoms with E-state index in [1.807, 2.05) is 73.8 Å². The van der Waals surface area contributed by atoms with Crippen LogP contribution in [0, 0.1) is 0 Å². The van der Waals surface area contributed by atoms with Gasteiger partial charge in [-0.2, -0.15) is 0 Å². The Labute approximate surface area is 197 Å². The number of carbonyl (C=O) groups excluding carboxylic acids is 1. The summed E-state index contributed by atoms with van der Waals surface area (Å²) < 4.78 is 16.7. The first-order chi connectivity index (χ1) is 16.0. The molecule has 5 nitrogen and oxygen atoms in total. The SMILES string of the molecule is COc1ccc(-c2coc3cc(OC)c(/C(C)=C/C(=O)Nc4ccccc4SC)cc23)cc1. The lowest BCUT2D eigenvalue weighted by Crippen LogP contribution is -2.09. The third-order valence-corrected chi connectivity index (χ3v) is 6.23. The van der Waals surface area contributed by atoms with E-state index in [9.17, 15) is 4.79 Å². The number of para-hydroxylation sites is 1. The fourth-order valence-corrected chi connectivity index (χ4v) is 4.27. The fraction of sp³-hybridized carbons (Fsp3) is 0.148. The average molecular weight is 460 g/mol. The summed E-state index contributed by atoms with van der Waals surface area (Å²) in [5.41, 5.74) is 5.09. The third-order valence-electron chi connectivity index (χ3n) is 5.43. The Morgan fingerprint density at radius 1 is 1.03 bits per heavy atom. The van der Waals surface area contributed by atoms with E-state index in [1.54, 1.807) is 38.3 Å². The van der Waals surface area contributed by atoms with Gasteiger partial charge in [0.25, 0.3) is 0 Å². The molecule has 0 radical (unpaired) electrons. The molecule has 1 aromatic heterocycles. The molecule has 1 heterocycles. The molecule has 0 saturated heterocycles. The van der Waals surface area contributed by atoms with E-state index in [4.69, 9.17) is 13.9 Å². The first-order valence-electron chi connectivity index (χ1n) is 10.4. The summed E-state index contributed by atoms with van der Waals surface area (Å²) in [7, 11) is 3.26. The monoisotopic (exact) mass is 459 g/mol. The van der Waals surface area contributed by atoms with Crippen LogP contribution in [-0.2, 0) is 4.79 Å². The lowest BCUT2D eigenvalue weighted by Gasteiger charge is -2.11. The standard InChI is InChI=1S/C27H25NO4S/c1-17(13-27(29)28-23-7-5-6-8-26(23)33-4)20-14-21-22(16-32-25(21)15-24(20)31-3)18-9-11-19(30-2)12-10-18/h5-16H,1-4H3,(H,28,29)/b17-13+. The number of benzene rings is 3. The van der Waals surface area contributed by atoms with Crippen molar-refractivity contribution < 1.29 is 18.7 Å². The van der Waals surface area contributed by atoms with Crippen molar-refractivity contribution in [1.82, 2.24) is 0 Å². The van der Waals surface area contributed by atoms with Gasteiger partial charge in [0.1, 0.15) is 17.1 Å². The molecule has 1 N–H and O–H groups in total. The summed E-state index contributed by atoms with van der Waals surface area (Å²) in [6, 6.07) is 19.4. The average Bonchev–Trinajstić information content (AvgIpc) is 3.26. The Balaban J connectivity index is 1.70. The van der Waals surface area contributed by atoms with Crippen molar-refractivity contribution in [3.8, 4) is 22.6 Å². The van der Waals surface area contributed by atoms with Crippen molar-refractivity contribution in [3.63, 3.8) is 0 Å². The van der Waals surface area contributed by atoms with Crippen LogP contribution in [0.4, 0.5) is 5.69 Å². The predicted octanol–water partition coefficient (Wildman–Crippen LogP) is 6.88. The Kier molecular flexibility index (Phi) is 6.75. The molecule has 0 saturated carbocycles. The number of carbonyl (C=O) groups is 1. The number of methoxy groups -OCH3 is 2. The first kappa shape index (κ1) is 22.6. The summed E-state index contributed by atoms with van der Waals surface area (Å²) in [5, 5.41) is 3.91. The van der Waals surface area contributed by atoms with Crippen LogP contribution in [0.15, 0.2) is 82.3 Å². The number of hydrogen-bond donors (Lipinski definition) is 1. The number of nitrogens with one attached hydrogen (secondary N) is 1. The molecule has 4 aromatic rings. The van der Waals surface area contributed by atoms with Gasteiger partial charge in [0.2, 0.25) is 5.91 Å². The van der Waals surface area contributed by atoms with Crippen molar-refractivity contribution in [2.45, 2.75) is 11.8 Å². The molecule has 168 valence electrons. The molecule has 0 fully saturated rings. The highest BCUT2D eigenvalue weighted by Crippen LogP contribution is 2.37. The van der Waals surface area contributed by atoms with E-state index in [2.05, 4.69) is 5.32 Å². The second-order valence-corrected chi connectivity index (χ2v) is 8.29. The van der Waals surface area contributed by atoms with Crippen LogP contribution in [0.3, 0.4) is 0 Å². The van der Waals surface area contributed by atoms with Crippen molar-refractivity contribution in [3.05, 3.63) is 78.6 Å². The van der Waals surface area contributed by atoms with Crippen LogP contribution in [0.2, 0.25) is 0 Å².